The molecule has 2 saturated carbocycles. The van der Waals surface area contributed by atoms with Gasteiger partial charge in [-0.1, -0.05) is 13.8 Å². The molecule has 0 aromatic heterocycles. The molecule has 0 radical (unpaired) electrons. The van der Waals surface area contributed by atoms with Crippen molar-refractivity contribution in [2.45, 2.75) is 58.4 Å². The lowest BCUT2D eigenvalue weighted by molar-refractivity contribution is 0.175. The van der Waals surface area contributed by atoms with Crippen LogP contribution in [0.25, 0.3) is 0 Å². The standard InChI is InChI=1S/C16H30N2/c1-3-16(4-2)7-8-18(11-16)10-14-12-5-6-13(9-12)15(14)17/h12-15H,3-11,17H2,1-2H3. The summed E-state index contributed by atoms with van der Waals surface area (Å²) in [4.78, 5) is 2.73. The fourth-order valence-corrected chi connectivity index (χ4v) is 5.03. The van der Waals surface area contributed by atoms with E-state index < -0.39 is 0 Å². The van der Waals surface area contributed by atoms with Gasteiger partial charge in [0.1, 0.15) is 0 Å². The molecule has 2 bridgehead atoms. The summed E-state index contributed by atoms with van der Waals surface area (Å²) in [6.45, 7) is 8.69. The van der Waals surface area contributed by atoms with Crippen molar-refractivity contribution in [3.05, 3.63) is 0 Å². The first-order valence-corrected chi connectivity index (χ1v) is 8.15. The molecule has 2 N–H and O–H groups in total. The highest BCUT2D eigenvalue weighted by molar-refractivity contribution is 5.01. The smallest absolute Gasteiger partial charge is 0.0111 e. The first kappa shape index (κ1) is 12.9. The van der Waals surface area contributed by atoms with E-state index in [-0.39, 0.29) is 0 Å². The quantitative estimate of drug-likeness (QED) is 0.831. The first-order chi connectivity index (χ1) is 8.67. The predicted octanol–water partition coefficient (Wildman–Crippen LogP) is 2.87. The Labute approximate surface area is 112 Å². The van der Waals surface area contributed by atoms with Crippen LogP contribution >= 0.6 is 0 Å². The molecule has 1 heterocycles. The van der Waals surface area contributed by atoms with Gasteiger partial charge in [0.05, 0.1) is 0 Å². The van der Waals surface area contributed by atoms with Crippen molar-refractivity contribution >= 4 is 0 Å². The van der Waals surface area contributed by atoms with Gasteiger partial charge in [0.15, 0.2) is 0 Å². The van der Waals surface area contributed by atoms with E-state index in [0.29, 0.717) is 11.5 Å². The minimum Gasteiger partial charge on any atom is -0.327 e. The van der Waals surface area contributed by atoms with E-state index in [1.165, 1.54) is 58.2 Å². The zero-order chi connectivity index (χ0) is 12.8. The van der Waals surface area contributed by atoms with Crippen molar-refractivity contribution in [3.8, 4) is 0 Å². The first-order valence-electron chi connectivity index (χ1n) is 8.15. The molecular weight excluding hydrogens is 220 g/mol. The highest BCUT2D eigenvalue weighted by Gasteiger charge is 2.47. The summed E-state index contributed by atoms with van der Waals surface area (Å²) in [5, 5.41) is 0. The van der Waals surface area contributed by atoms with Gasteiger partial charge in [-0.05, 0) is 68.2 Å². The van der Waals surface area contributed by atoms with Crippen molar-refractivity contribution in [1.29, 1.82) is 0 Å². The molecule has 0 aromatic carbocycles. The van der Waals surface area contributed by atoms with Gasteiger partial charge in [0.2, 0.25) is 0 Å². The van der Waals surface area contributed by atoms with E-state index in [9.17, 15) is 0 Å². The van der Waals surface area contributed by atoms with Crippen LogP contribution in [0.3, 0.4) is 0 Å². The van der Waals surface area contributed by atoms with E-state index >= 15 is 0 Å². The highest BCUT2D eigenvalue weighted by atomic mass is 15.2. The second-order valence-electron chi connectivity index (χ2n) is 7.27. The van der Waals surface area contributed by atoms with Crippen molar-refractivity contribution in [1.82, 2.24) is 4.90 Å². The van der Waals surface area contributed by atoms with E-state index in [4.69, 9.17) is 5.73 Å². The molecule has 2 nitrogen and oxygen atoms in total. The highest BCUT2D eigenvalue weighted by Crippen LogP contribution is 2.48. The van der Waals surface area contributed by atoms with Gasteiger partial charge in [-0.25, -0.2) is 0 Å². The summed E-state index contributed by atoms with van der Waals surface area (Å²) in [5.74, 6) is 2.64. The number of hydrogen-bond donors (Lipinski definition) is 1. The molecule has 3 aliphatic rings. The molecule has 0 spiro atoms. The van der Waals surface area contributed by atoms with Crippen molar-refractivity contribution in [2.75, 3.05) is 19.6 Å². The number of rotatable bonds is 4. The predicted molar refractivity (Wildman–Crippen MR) is 76.4 cm³/mol. The van der Waals surface area contributed by atoms with E-state index in [2.05, 4.69) is 18.7 Å². The summed E-state index contributed by atoms with van der Waals surface area (Å²) >= 11 is 0. The Bertz CT molecular complexity index is 295. The summed E-state index contributed by atoms with van der Waals surface area (Å²) < 4.78 is 0. The molecule has 3 rings (SSSR count). The van der Waals surface area contributed by atoms with Crippen LogP contribution in [0.5, 0.6) is 0 Å². The Hall–Kier alpha value is -0.0800. The molecule has 4 atom stereocenters. The third-order valence-corrected chi connectivity index (χ3v) is 6.64. The minimum absolute atomic E-state index is 0.516. The van der Waals surface area contributed by atoms with Gasteiger partial charge in [0, 0.05) is 19.1 Å². The lowest BCUT2D eigenvalue weighted by atomic mass is 9.81. The molecule has 1 aliphatic heterocycles. The maximum Gasteiger partial charge on any atom is 0.0111 e. The number of nitrogens with two attached hydrogens (primary N) is 1. The molecule has 3 fully saturated rings. The zero-order valence-electron chi connectivity index (χ0n) is 12.2. The van der Waals surface area contributed by atoms with Gasteiger partial charge in [-0.3, -0.25) is 0 Å². The average molecular weight is 250 g/mol. The van der Waals surface area contributed by atoms with Crippen LogP contribution in [0.1, 0.15) is 52.4 Å². The second-order valence-corrected chi connectivity index (χ2v) is 7.27. The van der Waals surface area contributed by atoms with Gasteiger partial charge in [0.25, 0.3) is 0 Å². The van der Waals surface area contributed by atoms with Gasteiger partial charge < -0.3 is 10.6 Å². The Morgan fingerprint density at radius 3 is 2.44 bits per heavy atom. The Kier molecular flexibility index (Phi) is 3.44. The molecule has 18 heavy (non-hydrogen) atoms. The Balaban J connectivity index is 1.58. The number of hydrogen-bond acceptors (Lipinski definition) is 2. The summed E-state index contributed by atoms with van der Waals surface area (Å²) in [5.41, 5.74) is 7.07. The van der Waals surface area contributed by atoms with E-state index in [0.717, 1.165) is 17.8 Å². The minimum atomic E-state index is 0.516. The topological polar surface area (TPSA) is 29.3 Å². The van der Waals surface area contributed by atoms with Gasteiger partial charge in [-0.2, -0.15) is 0 Å². The Morgan fingerprint density at radius 2 is 1.89 bits per heavy atom. The molecule has 2 heteroatoms. The summed E-state index contributed by atoms with van der Waals surface area (Å²) in [6, 6.07) is 0.516. The third kappa shape index (κ3) is 2.02. The van der Waals surface area contributed by atoms with Gasteiger partial charge in [-0.15, -0.1) is 0 Å². The van der Waals surface area contributed by atoms with Crippen molar-refractivity contribution in [3.63, 3.8) is 0 Å². The van der Waals surface area contributed by atoms with Crippen LogP contribution in [0.2, 0.25) is 0 Å². The van der Waals surface area contributed by atoms with Crippen LogP contribution in [0.4, 0.5) is 0 Å². The van der Waals surface area contributed by atoms with E-state index in [1.807, 2.05) is 0 Å². The fourth-order valence-electron chi connectivity index (χ4n) is 5.03. The lowest BCUT2D eigenvalue weighted by Gasteiger charge is -2.33. The Morgan fingerprint density at radius 1 is 1.17 bits per heavy atom. The average Bonchev–Trinajstić information content (AvgIpc) is 3.07. The maximum atomic E-state index is 6.45. The molecule has 0 aromatic rings. The fraction of sp³-hybridized carbons (Fsp3) is 1.00. The molecular formula is C16H30N2. The number of fused-ring (bicyclic) bond motifs is 2. The molecule has 2 aliphatic carbocycles. The summed E-state index contributed by atoms with van der Waals surface area (Å²) in [6.07, 6.45) is 8.42. The van der Waals surface area contributed by atoms with Crippen molar-refractivity contribution < 1.29 is 0 Å². The van der Waals surface area contributed by atoms with Crippen LogP contribution in [-0.4, -0.2) is 30.6 Å². The zero-order valence-corrected chi connectivity index (χ0v) is 12.2. The SMILES string of the molecule is CCC1(CC)CCN(CC2C3CCC(C3)C2N)C1. The second kappa shape index (κ2) is 4.79. The number of likely N-dealkylation sites (tertiary alicyclic amines) is 1. The monoisotopic (exact) mass is 250 g/mol. The number of nitrogens with zero attached hydrogens (tertiary/aromatic N) is 1. The van der Waals surface area contributed by atoms with Crippen LogP contribution < -0.4 is 5.73 Å². The molecule has 1 saturated heterocycles. The molecule has 104 valence electrons. The largest absolute Gasteiger partial charge is 0.327 e. The van der Waals surface area contributed by atoms with Crippen LogP contribution in [0.15, 0.2) is 0 Å². The maximum absolute atomic E-state index is 6.45. The molecule has 0 amide bonds. The molecule has 4 unspecified atom stereocenters. The van der Waals surface area contributed by atoms with Crippen molar-refractivity contribution in [2.24, 2.45) is 28.9 Å². The van der Waals surface area contributed by atoms with Crippen LogP contribution in [-0.2, 0) is 0 Å². The van der Waals surface area contributed by atoms with E-state index in [1.54, 1.807) is 0 Å². The van der Waals surface area contributed by atoms with Crippen LogP contribution in [0, 0.1) is 23.2 Å². The van der Waals surface area contributed by atoms with Gasteiger partial charge >= 0.3 is 0 Å². The summed E-state index contributed by atoms with van der Waals surface area (Å²) in [7, 11) is 0. The third-order valence-electron chi connectivity index (χ3n) is 6.64. The normalized spacial score (nSPS) is 42.8. The lowest BCUT2D eigenvalue weighted by Crippen LogP contribution is -2.42.